The van der Waals surface area contributed by atoms with E-state index in [-0.39, 0.29) is 4.90 Å². The highest BCUT2D eigenvalue weighted by Gasteiger charge is 2.19. The molecule has 0 atom stereocenters. The van der Waals surface area contributed by atoms with Crippen LogP contribution in [0.1, 0.15) is 25.7 Å². The minimum atomic E-state index is -3.37. The van der Waals surface area contributed by atoms with Crippen LogP contribution in [-0.2, 0) is 10.0 Å². The number of nitrogens with two attached hydrogens (primary N) is 1. The molecule has 2 rings (SSSR count). The van der Waals surface area contributed by atoms with E-state index in [4.69, 9.17) is 5.73 Å². The molecular formula is C12H18N2O2S. The third-order valence-electron chi connectivity index (χ3n) is 3.23. The van der Waals surface area contributed by atoms with Crippen LogP contribution in [0.2, 0.25) is 0 Å². The van der Waals surface area contributed by atoms with Crippen molar-refractivity contribution in [2.75, 3.05) is 12.3 Å². The SMILES string of the molecule is Nc1ccc(S(=O)(=O)NCC2CCCC2)cc1. The summed E-state index contributed by atoms with van der Waals surface area (Å²) in [5.41, 5.74) is 6.10. The molecule has 1 fully saturated rings. The summed E-state index contributed by atoms with van der Waals surface area (Å²) in [5, 5.41) is 0. The molecule has 0 aromatic heterocycles. The predicted molar refractivity (Wildman–Crippen MR) is 68.0 cm³/mol. The number of nitrogen functional groups attached to an aromatic ring is 1. The van der Waals surface area contributed by atoms with Gasteiger partial charge in [-0.25, -0.2) is 13.1 Å². The minimum absolute atomic E-state index is 0.282. The molecule has 0 amide bonds. The number of hydrogen-bond donors (Lipinski definition) is 2. The Kier molecular flexibility index (Phi) is 3.69. The number of hydrogen-bond acceptors (Lipinski definition) is 3. The summed E-state index contributed by atoms with van der Waals surface area (Å²) < 4.78 is 26.6. The van der Waals surface area contributed by atoms with E-state index in [2.05, 4.69) is 4.72 Å². The quantitative estimate of drug-likeness (QED) is 0.804. The monoisotopic (exact) mass is 254 g/mol. The summed E-state index contributed by atoms with van der Waals surface area (Å²) >= 11 is 0. The normalized spacial score (nSPS) is 17.4. The summed E-state index contributed by atoms with van der Waals surface area (Å²) in [4.78, 5) is 0.282. The smallest absolute Gasteiger partial charge is 0.240 e. The summed E-state index contributed by atoms with van der Waals surface area (Å²) in [6.07, 6.45) is 4.69. The van der Waals surface area contributed by atoms with E-state index in [9.17, 15) is 8.42 Å². The summed E-state index contributed by atoms with van der Waals surface area (Å²) in [7, 11) is -3.37. The first-order valence-electron chi connectivity index (χ1n) is 5.93. The molecule has 3 N–H and O–H groups in total. The Labute approximate surface area is 102 Å². The Hall–Kier alpha value is -1.07. The van der Waals surface area contributed by atoms with Crippen LogP contribution in [0.4, 0.5) is 5.69 Å². The lowest BCUT2D eigenvalue weighted by Gasteiger charge is -2.11. The Morgan fingerprint density at radius 2 is 1.76 bits per heavy atom. The fraction of sp³-hybridized carbons (Fsp3) is 0.500. The molecule has 0 saturated heterocycles. The first kappa shape index (κ1) is 12.4. The Balaban J connectivity index is 2.00. The van der Waals surface area contributed by atoms with E-state index in [1.165, 1.54) is 25.0 Å². The van der Waals surface area contributed by atoms with Crippen molar-refractivity contribution in [2.45, 2.75) is 30.6 Å². The van der Waals surface area contributed by atoms with Gasteiger partial charge >= 0.3 is 0 Å². The highest BCUT2D eigenvalue weighted by Crippen LogP contribution is 2.24. The zero-order chi connectivity index (χ0) is 12.3. The number of rotatable bonds is 4. The molecule has 4 nitrogen and oxygen atoms in total. The van der Waals surface area contributed by atoms with Crippen LogP contribution in [0.3, 0.4) is 0 Å². The van der Waals surface area contributed by atoms with Crippen molar-refractivity contribution in [2.24, 2.45) is 5.92 Å². The lowest BCUT2D eigenvalue weighted by atomic mass is 10.1. The summed E-state index contributed by atoms with van der Waals surface area (Å²) in [6, 6.07) is 6.27. The molecular weight excluding hydrogens is 236 g/mol. The first-order valence-corrected chi connectivity index (χ1v) is 7.41. The van der Waals surface area contributed by atoms with E-state index >= 15 is 0 Å². The lowest BCUT2D eigenvalue weighted by Crippen LogP contribution is -2.28. The van der Waals surface area contributed by atoms with Gasteiger partial charge in [-0.05, 0) is 43.0 Å². The molecule has 1 aliphatic rings. The van der Waals surface area contributed by atoms with Crippen LogP contribution in [-0.4, -0.2) is 15.0 Å². The number of benzene rings is 1. The predicted octanol–water partition coefficient (Wildman–Crippen LogP) is 1.74. The summed E-state index contributed by atoms with van der Waals surface area (Å²) in [6.45, 7) is 0.548. The lowest BCUT2D eigenvalue weighted by molar-refractivity contribution is 0.519. The van der Waals surface area contributed by atoms with Gasteiger partial charge in [0.15, 0.2) is 0 Å². The maximum Gasteiger partial charge on any atom is 0.240 e. The van der Waals surface area contributed by atoms with Crippen LogP contribution in [0, 0.1) is 5.92 Å². The molecule has 5 heteroatoms. The third-order valence-corrected chi connectivity index (χ3v) is 4.67. The van der Waals surface area contributed by atoms with Gasteiger partial charge in [-0.1, -0.05) is 12.8 Å². The van der Waals surface area contributed by atoms with Gasteiger partial charge in [0.25, 0.3) is 0 Å². The maximum atomic E-state index is 11.9. The Morgan fingerprint density at radius 1 is 1.18 bits per heavy atom. The summed E-state index contributed by atoms with van der Waals surface area (Å²) in [5.74, 6) is 0.499. The van der Waals surface area contributed by atoms with Crippen molar-refractivity contribution < 1.29 is 8.42 Å². The minimum Gasteiger partial charge on any atom is -0.399 e. The van der Waals surface area contributed by atoms with Crippen molar-refractivity contribution in [3.8, 4) is 0 Å². The Morgan fingerprint density at radius 3 is 2.35 bits per heavy atom. The first-order chi connectivity index (χ1) is 8.08. The fourth-order valence-corrected chi connectivity index (χ4v) is 3.29. The fourth-order valence-electron chi connectivity index (χ4n) is 2.17. The van der Waals surface area contributed by atoms with Gasteiger partial charge in [0.2, 0.25) is 10.0 Å². The average molecular weight is 254 g/mol. The van der Waals surface area contributed by atoms with Crippen LogP contribution < -0.4 is 10.5 Å². The van der Waals surface area contributed by atoms with Crippen LogP contribution in [0.25, 0.3) is 0 Å². The molecule has 0 aliphatic heterocycles. The van der Waals surface area contributed by atoms with E-state index in [1.807, 2.05) is 0 Å². The number of anilines is 1. The van der Waals surface area contributed by atoms with Gasteiger partial charge in [0.1, 0.15) is 0 Å². The second-order valence-electron chi connectivity index (χ2n) is 4.57. The second kappa shape index (κ2) is 5.06. The number of sulfonamides is 1. The number of nitrogens with one attached hydrogen (secondary N) is 1. The molecule has 17 heavy (non-hydrogen) atoms. The zero-order valence-electron chi connectivity index (χ0n) is 9.72. The van der Waals surface area contributed by atoms with Crippen molar-refractivity contribution in [3.05, 3.63) is 24.3 Å². The molecule has 1 aromatic rings. The van der Waals surface area contributed by atoms with Crippen LogP contribution in [0.5, 0.6) is 0 Å². The van der Waals surface area contributed by atoms with E-state index < -0.39 is 10.0 Å². The third kappa shape index (κ3) is 3.20. The molecule has 0 spiro atoms. The van der Waals surface area contributed by atoms with Gasteiger partial charge in [-0.3, -0.25) is 0 Å². The molecule has 0 unspecified atom stereocenters. The maximum absolute atomic E-state index is 11.9. The van der Waals surface area contributed by atoms with Crippen molar-refractivity contribution in [1.29, 1.82) is 0 Å². The molecule has 0 bridgehead atoms. The highest BCUT2D eigenvalue weighted by molar-refractivity contribution is 7.89. The van der Waals surface area contributed by atoms with E-state index in [1.54, 1.807) is 12.1 Å². The van der Waals surface area contributed by atoms with E-state index in [0.717, 1.165) is 12.8 Å². The standard InChI is InChI=1S/C12H18N2O2S/c13-11-5-7-12(8-6-11)17(15,16)14-9-10-3-1-2-4-10/h5-8,10,14H,1-4,9,13H2. The van der Waals surface area contributed by atoms with Crippen LogP contribution >= 0.6 is 0 Å². The van der Waals surface area contributed by atoms with Crippen molar-refractivity contribution >= 4 is 15.7 Å². The van der Waals surface area contributed by atoms with Gasteiger partial charge in [-0.15, -0.1) is 0 Å². The van der Waals surface area contributed by atoms with Gasteiger partial charge in [-0.2, -0.15) is 0 Å². The zero-order valence-corrected chi connectivity index (χ0v) is 10.5. The topological polar surface area (TPSA) is 72.2 Å². The van der Waals surface area contributed by atoms with Crippen molar-refractivity contribution in [3.63, 3.8) is 0 Å². The van der Waals surface area contributed by atoms with Gasteiger partial charge in [0.05, 0.1) is 4.90 Å². The molecule has 1 aliphatic carbocycles. The molecule has 1 aromatic carbocycles. The van der Waals surface area contributed by atoms with Gasteiger partial charge in [0, 0.05) is 12.2 Å². The van der Waals surface area contributed by atoms with E-state index in [0.29, 0.717) is 18.2 Å². The largest absolute Gasteiger partial charge is 0.399 e. The van der Waals surface area contributed by atoms with Gasteiger partial charge < -0.3 is 5.73 Å². The Bertz CT molecular complexity index is 462. The highest BCUT2D eigenvalue weighted by atomic mass is 32.2. The second-order valence-corrected chi connectivity index (χ2v) is 6.34. The molecule has 0 radical (unpaired) electrons. The molecule has 94 valence electrons. The van der Waals surface area contributed by atoms with Crippen molar-refractivity contribution in [1.82, 2.24) is 4.72 Å². The average Bonchev–Trinajstić information content (AvgIpc) is 2.80. The van der Waals surface area contributed by atoms with Crippen LogP contribution in [0.15, 0.2) is 29.2 Å². The molecule has 0 heterocycles. The molecule has 1 saturated carbocycles.